The summed E-state index contributed by atoms with van der Waals surface area (Å²) in [5.41, 5.74) is 1.26. The summed E-state index contributed by atoms with van der Waals surface area (Å²) in [4.78, 5) is 14.2. The first-order valence-electron chi connectivity index (χ1n) is 8.39. The zero-order valence-corrected chi connectivity index (χ0v) is 14.2. The first-order valence-corrected chi connectivity index (χ1v) is 8.39. The Morgan fingerprint density at radius 2 is 2.08 bits per heavy atom. The Kier molecular flexibility index (Phi) is 5.04. The quantitative estimate of drug-likeness (QED) is 0.784. The number of rotatable bonds is 5. The van der Waals surface area contributed by atoms with Gasteiger partial charge in [0.05, 0.1) is 7.11 Å². The van der Waals surface area contributed by atoms with Gasteiger partial charge in [0.15, 0.2) is 0 Å². The Morgan fingerprint density at radius 1 is 1.29 bits per heavy atom. The second-order valence-corrected chi connectivity index (χ2v) is 6.03. The summed E-state index contributed by atoms with van der Waals surface area (Å²) in [5, 5.41) is 0. The molecule has 0 N–H and O–H groups in total. The fourth-order valence-corrected chi connectivity index (χ4v) is 3.04. The molecule has 0 bridgehead atoms. The Hall–Kier alpha value is -2.49. The number of methoxy groups -OCH3 is 1. The third-order valence-corrected chi connectivity index (χ3v) is 4.51. The highest BCUT2D eigenvalue weighted by molar-refractivity contribution is 5.91. The lowest BCUT2D eigenvalue weighted by Crippen LogP contribution is -2.26. The van der Waals surface area contributed by atoms with Gasteiger partial charge in [0, 0.05) is 31.5 Å². The fourth-order valence-electron chi connectivity index (χ4n) is 3.04. The topological polar surface area (TPSA) is 42.7 Å². The van der Waals surface area contributed by atoms with E-state index < -0.39 is 0 Å². The molecular weight excluding hydrogens is 302 g/mol. The molecule has 0 radical (unpaired) electrons. The SMILES string of the molecule is CCc1ccc(/C=C/C(=O)N2CCC(c3ccc(OC)cc3)C2)o1. The van der Waals surface area contributed by atoms with Crippen molar-refractivity contribution in [2.24, 2.45) is 0 Å². The van der Waals surface area contributed by atoms with Gasteiger partial charge in [-0.15, -0.1) is 0 Å². The first-order chi connectivity index (χ1) is 11.7. The van der Waals surface area contributed by atoms with Gasteiger partial charge in [-0.3, -0.25) is 4.79 Å². The molecule has 1 atom stereocenters. The number of hydrogen-bond donors (Lipinski definition) is 0. The van der Waals surface area contributed by atoms with Gasteiger partial charge in [-0.2, -0.15) is 0 Å². The van der Waals surface area contributed by atoms with E-state index in [2.05, 4.69) is 12.1 Å². The molecule has 1 unspecified atom stereocenters. The second kappa shape index (κ2) is 7.39. The van der Waals surface area contributed by atoms with Crippen LogP contribution in [0.15, 0.2) is 46.9 Å². The monoisotopic (exact) mass is 325 g/mol. The van der Waals surface area contributed by atoms with E-state index in [1.54, 1.807) is 19.3 Å². The van der Waals surface area contributed by atoms with E-state index in [4.69, 9.17) is 9.15 Å². The molecular formula is C20H23NO3. The highest BCUT2D eigenvalue weighted by atomic mass is 16.5. The average molecular weight is 325 g/mol. The number of benzene rings is 1. The van der Waals surface area contributed by atoms with Gasteiger partial charge in [-0.25, -0.2) is 0 Å². The van der Waals surface area contributed by atoms with Gasteiger partial charge in [0.2, 0.25) is 5.91 Å². The number of amides is 1. The number of likely N-dealkylation sites (tertiary alicyclic amines) is 1. The van der Waals surface area contributed by atoms with Crippen LogP contribution in [0.3, 0.4) is 0 Å². The summed E-state index contributed by atoms with van der Waals surface area (Å²) in [6, 6.07) is 12.0. The summed E-state index contributed by atoms with van der Waals surface area (Å²) >= 11 is 0. The van der Waals surface area contributed by atoms with Crippen molar-refractivity contribution >= 4 is 12.0 Å². The molecule has 1 aromatic carbocycles. The normalized spacial score (nSPS) is 17.6. The van der Waals surface area contributed by atoms with Crippen LogP contribution in [0.4, 0.5) is 0 Å². The Labute approximate surface area is 142 Å². The zero-order chi connectivity index (χ0) is 16.9. The molecule has 24 heavy (non-hydrogen) atoms. The lowest BCUT2D eigenvalue weighted by molar-refractivity contribution is -0.124. The maximum atomic E-state index is 12.3. The van der Waals surface area contributed by atoms with Crippen LogP contribution >= 0.6 is 0 Å². The predicted molar refractivity (Wildman–Crippen MR) is 94.1 cm³/mol. The summed E-state index contributed by atoms with van der Waals surface area (Å²) in [6.45, 7) is 3.59. The zero-order valence-electron chi connectivity index (χ0n) is 14.2. The molecule has 1 saturated heterocycles. The van der Waals surface area contributed by atoms with Gasteiger partial charge in [-0.1, -0.05) is 19.1 Å². The van der Waals surface area contributed by atoms with E-state index in [0.29, 0.717) is 5.92 Å². The lowest BCUT2D eigenvalue weighted by Gasteiger charge is -2.14. The minimum atomic E-state index is 0.0421. The molecule has 1 aliphatic rings. The van der Waals surface area contributed by atoms with Crippen LogP contribution in [0, 0.1) is 0 Å². The second-order valence-electron chi connectivity index (χ2n) is 6.03. The molecule has 1 fully saturated rings. The summed E-state index contributed by atoms with van der Waals surface area (Å²) in [7, 11) is 1.67. The largest absolute Gasteiger partial charge is 0.497 e. The molecule has 1 aliphatic heterocycles. The molecule has 2 heterocycles. The van der Waals surface area contributed by atoms with Crippen molar-refractivity contribution < 1.29 is 13.9 Å². The van der Waals surface area contributed by atoms with Crippen LogP contribution in [0.2, 0.25) is 0 Å². The van der Waals surface area contributed by atoms with E-state index in [9.17, 15) is 4.79 Å². The van der Waals surface area contributed by atoms with Crippen molar-refractivity contribution in [3.63, 3.8) is 0 Å². The minimum Gasteiger partial charge on any atom is -0.497 e. The maximum absolute atomic E-state index is 12.3. The van der Waals surface area contributed by atoms with Crippen LogP contribution in [0.1, 0.15) is 36.3 Å². The van der Waals surface area contributed by atoms with Crippen molar-refractivity contribution in [3.05, 3.63) is 59.6 Å². The fraction of sp³-hybridized carbons (Fsp3) is 0.350. The molecule has 0 saturated carbocycles. The molecule has 3 rings (SSSR count). The molecule has 1 amide bonds. The molecule has 4 nitrogen and oxygen atoms in total. The predicted octanol–water partition coefficient (Wildman–Crippen LogP) is 3.88. The van der Waals surface area contributed by atoms with E-state index in [1.165, 1.54) is 5.56 Å². The van der Waals surface area contributed by atoms with Crippen LogP contribution in [-0.4, -0.2) is 31.0 Å². The lowest BCUT2D eigenvalue weighted by atomic mass is 9.98. The van der Waals surface area contributed by atoms with E-state index >= 15 is 0 Å². The van der Waals surface area contributed by atoms with E-state index in [1.807, 2.05) is 36.1 Å². The van der Waals surface area contributed by atoms with Crippen molar-refractivity contribution in [1.29, 1.82) is 0 Å². The number of carbonyl (C=O) groups is 1. The Bertz CT molecular complexity index is 715. The standard InChI is InChI=1S/C20H23NO3/c1-3-17-8-9-19(24-17)10-11-20(22)21-13-12-16(14-21)15-4-6-18(23-2)7-5-15/h4-11,16H,3,12-14H2,1-2H3/b11-10+. The molecule has 4 heteroatoms. The van der Waals surface area contributed by atoms with Crippen LogP contribution < -0.4 is 4.74 Å². The third kappa shape index (κ3) is 3.70. The Morgan fingerprint density at radius 3 is 2.75 bits per heavy atom. The number of carbonyl (C=O) groups excluding carboxylic acids is 1. The molecule has 126 valence electrons. The van der Waals surface area contributed by atoms with Crippen LogP contribution in [0.5, 0.6) is 5.75 Å². The van der Waals surface area contributed by atoms with Crippen molar-refractivity contribution in [2.75, 3.05) is 20.2 Å². The van der Waals surface area contributed by atoms with Gasteiger partial charge in [0.25, 0.3) is 0 Å². The smallest absolute Gasteiger partial charge is 0.246 e. The third-order valence-electron chi connectivity index (χ3n) is 4.51. The summed E-state index contributed by atoms with van der Waals surface area (Å²) in [5.74, 6) is 2.95. The average Bonchev–Trinajstić information content (AvgIpc) is 3.29. The summed E-state index contributed by atoms with van der Waals surface area (Å²) < 4.78 is 10.8. The highest BCUT2D eigenvalue weighted by Gasteiger charge is 2.26. The highest BCUT2D eigenvalue weighted by Crippen LogP contribution is 2.28. The molecule has 0 spiro atoms. The number of nitrogens with zero attached hydrogens (tertiary/aromatic N) is 1. The number of ether oxygens (including phenoxy) is 1. The number of furan rings is 1. The van der Waals surface area contributed by atoms with Gasteiger partial charge >= 0.3 is 0 Å². The van der Waals surface area contributed by atoms with Gasteiger partial charge < -0.3 is 14.1 Å². The number of aryl methyl sites for hydroxylation is 1. The van der Waals surface area contributed by atoms with Crippen LogP contribution in [0.25, 0.3) is 6.08 Å². The maximum Gasteiger partial charge on any atom is 0.246 e. The molecule has 0 aliphatic carbocycles. The Balaban J connectivity index is 1.58. The molecule has 1 aromatic heterocycles. The van der Waals surface area contributed by atoms with Crippen LogP contribution in [-0.2, 0) is 11.2 Å². The van der Waals surface area contributed by atoms with Gasteiger partial charge in [-0.05, 0) is 42.3 Å². The molecule has 2 aromatic rings. The van der Waals surface area contributed by atoms with Crippen molar-refractivity contribution in [3.8, 4) is 5.75 Å². The van der Waals surface area contributed by atoms with Gasteiger partial charge in [0.1, 0.15) is 17.3 Å². The van der Waals surface area contributed by atoms with E-state index in [-0.39, 0.29) is 5.91 Å². The summed E-state index contributed by atoms with van der Waals surface area (Å²) in [6.07, 6.45) is 5.21. The van der Waals surface area contributed by atoms with Crippen molar-refractivity contribution in [2.45, 2.75) is 25.7 Å². The van der Waals surface area contributed by atoms with E-state index in [0.717, 1.165) is 43.2 Å². The number of hydrogen-bond acceptors (Lipinski definition) is 3. The minimum absolute atomic E-state index is 0.0421. The first kappa shape index (κ1) is 16.4. The van der Waals surface area contributed by atoms with Crippen molar-refractivity contribution in [1.82, 2.24) is 4.90 Å².